The molecule has 0 atom stereocenters. The van der Waals surface area contributed by atoms with Crippen LogP contribution in [-0.2, 0) is 4.74 Å². The predicted molar refractivity (Wildman–Crippen MR) is 78.5 cm³/mol. The van der Waals surface area contributed by atoms with Crippen LogP contribution in [0.4, 0.5) is 5.69 Å². The SMILES string of the molecule is COc1ccc(N2CCOCC2)cc1-c1cc(C(=O)O)on1. The highest BCUT2D eigenvalue weighted by Crippen LogP contribution is 2.33. The van der Waals surface area contributed by atoms with Crippen molar-refractivity contribution in [2.24, 2.45) is 0 Å². The second-order valence-corrected chi connectivity index (χ2v) is 4.87. The van der Waals surface area contributed by atoms with Gasteiger partial charge in [0.05, 0.1) is 20.3 Å². The molecule has 1 aromatic carbocycles. The van der Waals surface area contributed by atoms with Crippen molar-refractivity contribution >= 4 is 11.7 Å². The normalized spacial score (nSPS) is 14.9. The van der Waals surface area contributed by atoms with E-state index in [1.807, 2.05) is 18.2 Å². The summed E-state index contributed by atoms with van der Waals surface area (Å²) >= 11 is 0. The zero-order valence-corrected chi connectivity index (χ0v) is 12.1. The van der Waals surface area contributed by atoms with E-state index in [2.05, 4.69) is 10.1 Å². The molecule has 0 radical (unpaired) electrons. The molecular formula is C15H16N2O5. The highest BCUT2D eigenvalue weighted by molar-refractivity contribution is 5.86. The van der Waals surface area contributed by atoms with Gasteiger partial charge < -0.3 is 24.0 Å². The Bertz CT molecular complexity index is 676. The van der Waals surface area contributed by atoms with Crippen LogP contribution in [0.5, 0.6) is 5.75 Å². The molecule has 0 bridgehead atoms. The number of carboxylic acids is 1. The van der Waals surface area contributed by atoms with Crippen molar-refractivity contribution in [3.63, 3.8) is 0 Å². The van der Waals surface area contributed by atoms with Crippen LogP contribution in [0.15, 0.2) is 28.8 Å². The van der Waals surface area contributed by atoms with Gasteiger partial charge in [0.1, 0.15) is 11.4 Å². The maximum absolute atomic E-state index is 10.9. The molecule has 1 N–H and O–H groups in total. The van der Waals surface area contributed by atoms with Crippen LogP contribution in [0.1, 0.15) is 10.6 Å². The van der Waals surface area contributed by atoms with E-state index >= 15 is 0 Å². The molecule has 0 amide bonds. The molecule has 2 heterocycles. The summed E-state index contributed by atoms with van der Waals surface area (Å²) in [5, 5.41) is 12.8. The number of carbonyl (C=O) groups is 1. The fraction of sp³-hybridized carbons (Fsp3) is 0.333. The molecule has 0 saturated carbocycles. The molecule has 1 aliphatic rings. The second kappa shape index (κ2) is 6.07. The van der Waals surface area contributed by atoms with E-state index in [4.69, 9.17) is 19.1 Å². The molecule has 0 spiro atoms. The summed E-state index contributed by atoms with van der Waals surface area (Å²) in [5.41, 5.74) is 2.14. The lowest BCUT2D eigenvalue weighted by Crippen LogP contribution is -2.36. The van der Waals surface area contributed by atoms with E-state index in [0.717, 1.165) is 18.8 Å². The van der Waals surface area contributed by atoms with Gasteiger partial charge >= 0.3 is 5.97 Å². The van der Waals surface area contributed by atoms with Crippen LogP contribution in [-0.4, -0.2) is 49.6 Å². The highest BCUT2D eigenvalue weighted by Gasteiger charge is 2.18. The van der Waals surface area contributed by atoms with Gasteiger partial charge in [0.15, 0.2) is 0 Å². The number of anilines is 1. The molecule has 1 saturated heterocycles. The Labute approximate surface area is 127 Å². The second-order valence-electron chi connectivity index (χ2n) is 4.87. The van der Waals surface area contributed by atoms with E-state index in [9.17, 15) is 4.79 Å². The van der Waals surface area contributed by atoms with Gasteiger partial charge in [-0.2, -0.15) is 0 Å². The smallest absolute Gasteiger partial charge is 0.374 e. The number of carboxylic acid groups (broad SMARTS) is 1. The minimum Gasteiger partial charge on any atom is -0.496 e. The van der Waals surface area contributed by atoms with Crippen molar-refractivity contribution in [1.29, 1.82) is 0 Å². The van der Waals surface area contributed by atoms with E-state index in [-0.39, 0.29) is 5.76 Å². The number of nitrogens with zero attached hydrogens (tertiary/aromatic N) is 2. The molecule has 1 aliphatic heterocycles. The molecule has 22 heavy (non-hydrogen) atoms. The van der Waals surface area contributed by atoms with Crippen molar-refractivity contribution in [3.05, 3.63) is 30.0 Å². The molecular weight excluding hydrogens is 288 g/mol. The summed E-state index contributed by atoms with van der Waals surface area (Å²) in [6.07, 6.45) is 0. The number of methoxy groups -OCH3 is 1. The maximum atomic E-state index is 10.9. The molecule has 3 rings (SSSR count). The van der Waals surface area contributed by atoms with Gasteiger partial charge in [0.25, 0.3) is 0 Å². The van der Waals surface area contributed by atoms with Crippen LogP contribution >= 0.6 is 0 Å². The van der Waals surface area contributed by atoms with Gasteiger partial charge in [-0.25, -0.2) is 4.79 Å². The average molecular weight is 304 g/mol. The molecule has 1 aromatic heterocycles. The number of aromatic nitrogens is 1. The quantitative estimate of drug-likeness (QED) is 0.923. The summed E-state index contributed by atoms with van der Waals surface area (Å²) in [7, 11) is 1.56. The Balaban J connectivity index is 1.98. The number of hydrogen-bond donors (Lipinski definition) is 1. The van der Waals surface area contributed by atoms with Gasteiger partial charge in [-0.15, -0.1) is 0 Å². The number of aromatic carboxylic acids is 1. The Hall–Kier alpha value is -2.54. The van der Waals surface area contributed by atoms with Crippen LogP contribution in [0.3, 0.4) is 0 Å². The van der Waals surface area contributed by atoms with E-state index < -0.39 is 5.97 Å². The summed E-state index contributed by atoms with van der Waals surface area (Å²) in [6.45, 7) is 3.00. The van der Waals surface area contributed by atoms with E-state index in [0.29, 0.717) is 30.2 Å². The Kier molecular flexibility index (Phi) is 3.97. The van der Waals surface area contributed by atoms with Gasteiger partial charge in [-0.1, -0.05) is 5.16 Å². The van der Waals surface area contributed by atoms with Crippen molar-refractivity contribution < 1.29 is 23.9 Å². The van der Waals surface area contributed by atoms with Crippen LogP contribution < -0.4 is 9.64 Å². The third-order valence-electron chi connectivity index (χ3n) is 3.56. The molecule has 1 fully saturated rings. The molecule has 2 aromatic rings. The number of benzene rings is 1. The lowest BCUT2D eigenvalue weighted by Gasteiger charge is -2.29. The first-order valence-corrected chi connectivity index (χ1v) is 6.90. The maximum Gasteiger partial charge on any atom is 0.374 e. The first-order valence-electron chi connectivity index (χ1n) is 6.90. The Morgan fingerprint density at radius 2 is 2.09 bits per heavy atom. The summed E-state index contributed by atoms with van der Waals surface area (Å²) < 4.78 is 15.5. The number of ether oxygens (including phenoxy) is 2. The summed E-state index contributed by atoms with van der Waals surface area (Å²) in [6, 6.07) is 7.12. The fourth-order valence-corrected chi connectivity index (χ4v) is 2.42. The zero-order valence-electron chi connectivity index (χ0n) is 12.1. The average Bonchev–Trinajstić information content (AvgIpc) is 3.05. The topological polar surface area (TPSA) is 85.0 Å². The van der Waals surface area contributed by atoms with Crippen LogP contribution in [0.2, 0.25) is 0 Å². The van der Waals surface area contributed by atoms with Crippen molar-refractivity contribution in [3.8, 4) is 17.0 Å². The first-order chi connectivity index (χ1) is 10.7. The first kappa shape index (κ1) is 14.4. The highest BCUT2D eigenvalue weighted by atomic mass is 16.5. The van der Waals surface area contributed by atoms with Gasteiger partial charge in [0, 0.05) is 30.4 Å². The third kappa shape index (κ3) is 2.75. The minimum atomic E-state index is -1.15. The largest absolute Gasteiger partial charge is 0.496 e. The van der Waals surface area contributed by atoms with Gasteiger partial charge in [0.2, 0.25) is 5.76 Å². The summed E-state index contributed by atoms with van der Waals surface area (Å²) in [4.78, 5) is 13.1. The Morgan fingerprint density at radius 1 is 1.32 bits per heavy atom. The molecule has 0 aliphatic carbocycles. The number of rotatable bonds is 4. The van der Waals surface area contributed by atoms with Gasteiger partial charge in [-0.05, 0) is 18.2 Å². The monoisotopic (exact) mass is 304 g/mol. The number of hydrogen-bond acceptors (Lipinski definition) is 6. The Morgan fingerprint density at radius 3 is 2.73 bits per heavy atom. The predicted octanol–water partition coefficient (Wildman–Crippen LogP) is 1.89. The molecule has 7 nitrogen and oxygen atoms in total. The van der Waals surface area contributed by atoms with Crippen molar-refractivity contribution in [2.45, 2.75) is 0 Å². The van der Waals surface area contributed by atoms with Crippen LogP contribution in [0, 0.1) is 0 Å². The lowest BCUT2D eigenvalue weighted by atomic mass is 10.1. The fourth-order valence-electron chi connectivity index (χ4n) is 2.42. The minimum absolute atomic E-state index is 0.200. The standard InChI is InChI=1S/C15H16N2O5/c1-20-13-3-2-10(17-4-6-21-7-5-17)8-11(13)12-9-14(15(18)19)22-16-12/h2-3,8-9H,4-7H2,1H3,(H,18,19). The summed E-state index contributed by atoms with van der Waals surface area (Å²) in [5.74, 6) is -0.738. The van der Waals surface area contributed by atoms with Crippen LogP contribution in [0.25, 0.3) is 11.3 Å². The van der Waals surface area contributed by atoms with E-state index in [1.165, 1.54) is 6.07 Å². The zero-order chi connectivity index (χ0) is 15.5. The van der Waals surface area contributed by atoms with Crippen molar-refractivity contribution in [2.75, 3.05) is 38.3 Å². The van der Waals surface area contributed by atoms with Gasteiger partial charge in [-0.3, -0.25) is 0 Å². The molecule has 116 valence electrons. The van der Waals surface area contributed by atoms with Crippen molar-refractivity contribution in [1.82, 2.24) is 5.16 Å². The number of morpholine rings is 1. The molecule has 0 unspecified atom stereocenters. The molecule has 7 heteroatoms. The third-order valence-corrected chi connectivity index (χ3v) is 3.56. The lowest BCUT2D eigenvalue weighted by molar-refractivity contribution is 0.0652. The van der Waals surface area contributed by atoms with E-state index in [1.54, 1.807) is 7.11 Å².